The topological polar surface area (TPSA) is 64.8 Å². The van der Waals surface area contributed by atoms with Crippen molar-refractivity contribution in [3.63, 3.8) is 0 Å². The van der Waals surface area contributed by atoms with E-state index in [-0.39, 0.29) is 11.5 Å². The summed E-state index contributed by atoms with van der Waals surface area (Å²) < 4.78 is 17.3. The first kappa shape index (κ1) is 17.1. The maximum absolute atomic E-state index is 12.7. The number of aromatic nitrogens is 1. The fourth-order valence-electron chi connectivity index (χ4n) is 4.04. The Morgan fingerprint density at radius 3 is 2.92 bits per heavy atom. The Hall–Kier alpha value is -2.34. The minimum atomic E-state index is -0.212. The quantitative estimate of drug-likeness (QED) is 0.824. The molecule has 1 amide bonds. The number of likely N-dealkylation sites (tertiary alicyclic amines) is 1. The van der Waals surface area contributed by atoms with E-state index in [0.717, 1.165) is 25.2 Å². The van der Waals surface area contributed by atoms with E-state index in [1.165, 1.54) is 0 Å². The molecule has 2 fully saturated rings. The molecule has 0 N–H and O–H groups in total. The summed E-state index contributed by atoms with van der Waals surface area (Å²) in [6.07, 6.45) is 3.64. The predicted molar refractivity (Wildman–Crippen MR) is 95.2 cm³/mol. The summed E-state index contributed by atoms with van der Waals surface area (Å²) in [5.41, 5.74) is 0.445. The standard InChI is InChI=1S/C20H24N2O4/c1-14-11-17(15(2)26-14)19(23)22-12-20(13-22)16(7-10-25-20)6-9-24-18-5-3-4-8-21-18/h3-5,8,11,16H,6-7,9-10,12-13H2,1-2H3/t16-/m1/s1. The van der Waals surface area contributed by atoms with Crippen LogP contribution in [0, 0.1) is 19.8 Å². The lowest BCUT2D eigenvalue weighted by molar-refractivity contribution is -0.119. The minimum absolute atomic E-state index is 0.0314. The van der Waals surface area contributed by atoms with Crippen molar-refractivity contribution in [1.82, 2.24) is 9.88 Å². The van der Waals surface area contributed by atoms with Gasteiger partial charge < -0.3 is 18.8 Å². The van der Waals surface area contributed by atoms with Gasteiger partial charge in [-0.05, 0) is 44.7 Å². The molecule has 0 bridgehead atoms. The smallest absolute Gasteiger partial charge is 0.257 e. The van der Waals surface area contributed by atoms with E-state index in [9.17, 15) is 4.79 Å². The van der Waals surface area contributed by atoms with E-state index >= 15 is 0 Å². The highest BCUT2D eigenvalue weighted by molar-refractivity contribution is 5.96. The number of hydrogen-bond donors (Lipinski definition) is 0. The molecule has 2 aliphatic heterocycles. The molecule has 4 rings (SSSR count). The van der Waals surface area contributed by atoms with Gasteiger partial charge in [-0.3, -0.25) is 4.79 Å². The molecule has 0 radical (unpaired) electrons. The van der Waals surface area contributed by atoms with Crippen LogP contribution in [-0.4, -0.2) is 47.7 Å². The molecule has 2 saturated heterocycles. The van der Waals surface area contributed by atoms with Crippen LogP contribution in [0.1, 0.15) is 34.7 Å². The average molecular weight is 356 g/mol. The number of pyridine rings is 1. The molecular weight excluding hydrogens is 332 g/mol. The minimum Gasteiger partial charge on any atom is -0.478 e. The van der Waals surface area contributed by atoms with Gasteiger partial charge in [-0.1, -0.05) is 6.07 Å². The first-order valence-corrected chi connectivity index (χ1v) is 9.11. The molecule has 1 spiro atoms. The first-order valence-electron chi connectivity index (χ1n) is 9.11. The van der Waals surface area contributed by atoms with E-state index in [1.54, 1.807) is 6.20 Å². The van der Waals surface area contributed by atoms with Crippen molar-refractivity contribution in [2.24, 2.45) is 5.92 Å². The van der Waals surface area contributed by atoms with Gasteiger partial charge in [0.2, 0.25) is 5.88 Å². The van der Waals surface area contributed by atoms with E-state index in [4.69, 9.17) is 13.9 Å². The van der Waals surface area contributed by atoms with Gasteiger partial charge in [0.05, 0.1) is 25.3 Å². The van der Waals surface area contributed by atoms with E-state index in [1.807, 2.05) is 43.0 Å². The maximum Gasteiger partial charge on any atom is 0.257 e. The number of carbonyl (C=O) groups is 1. The van der Waals surface area contributed by atoms with Crippen LogP contribution in [0.4, 0.5) is 0 Å². The zero-order valence-corrected chi connectivity index (χ0v) is 15.2. The third-order valence-corrected chi connectivity index (χ3v) is 5.43. The van der Waals surface area contributed by atoms with Crippen molar-refractivity contribution in [3.05, 3.63) is 47.5 Å². The summed E-state index contributed by atoms with van der Waals surface area (Å²) in [4.78, 5) is 18.7. The highest BCUT2D eigenvalue weighted by Crippen LogP contribution is 2.42. The molecule has 138 valence electrons. The normalized spacial score (nSPS) is 21.0. The average Bonchev–Trinajstić information content (AvgIpc) is 3.17. The van der Waals surface area contributed by atoms with Crippen molar-refractivity contribution in [3.8, 4) is 5.88 Å². The second-order valence-electron chi connectivity index (χ2n) is 7.19. The molecular formula is C20H24N2O4. The second kappa shape index (κ2) is 6.76. The number of ether oxygens (including phenoxy) is 2. The van der Waals surface area contributed by atoms with Crippen LogP contribution in [0.2, 0.25) is 0 Å². The van der Waals surface area contributed by atoms with Crippen molar-refractivity contribution in [2.45, 2.75) is 32.3 Å². The Labute approximate surface area is 153 Å². The largest absolute Gasteiger partial charge is 0.478 e. The van der Waals surface area contributed by atoms with Gasteiger partial charge in [0.15, 0.2) is 0 Å². The van der Waals surface area contributed by atoms with Crippen molar-refractivity contribution < 1.29 is 18.7 Å². The van der Waals surface area contributed by atoms with E-state index < -0.39 is 0 Å². The number of nitrogens with zero attached hydrogens (tertiary/aromatic N) is 2. The van der Waals surface area contributed by atoms with Gasteiger partial charge in [-0.2, -0.15) is 0 Å². The van der Waals surface area contributed by atoms with Gasteiger partial charge in [0, 0.05) is 18.9 Å². The van der Waals surface area contributed by atoms with Crippen molar-refractivity contribution in [2.75, 3.05) is 26.3 Å². The first-order chi connectivity index (χ1) is 12.6. The fourth-order valence-corrected chi connectivity index (χ4v) is 4.04. The highest BCUT2D eigenvalue weighted by atomic mass is 16.5. The molecule has 0 unspecified atom stereocenters. The summed E-state index contributed by atoms with van der Waals surface area (Å²) >= 11 is 0. The van der Waals surface area contributed by atoms with Crippen LogP contribution in [-0.2, 0) is 4.74 Å². The monoisotopic (exact) mass is 356 g/mol. The van der Waals surface area contributed by atoms with Crippen molar-refractivity contribution in [1.29, 1.82) is 0 Å². The Bertz CT molecular complexity index is 780. The van der Waals surface area contributed by atoms with Crippen LogP contribution in [0.5, 0.6) is 5.88 Å². The number of amides is 1. The van der Waals surface area contributed by atoms with Crippen LogP contribution in [0.25, 0.3) is 0 Å². The predicted octanol–water partition coefficient (Wildman–Crippen LogP) is 2.99. The fraction of sp³-hybridized carbons (Fsp3) is 0.500. The van der Waals surface area contributed by atoms with E-state index in [0.29, 0.717) is 42.8 Å². The molecule has 4 heterocycles. The lowest BCUT2D eigenvalue weighted by Crippen LogP contribution is -2.66. The molecule has 0 saturated carbocycles. The van der Waals surface area contributed by atoms with Crippen LogP contribution in [0.3, 0.4) is 0 Å². The summed E-state index contributed by atoms with van der Waals surface area (Å²) in [7, 11) is 0. The summed E-state index contributed by atoms with van der Waals surface area (Å²) in [6.45, 7) is 6.34. The second-order valence-corrected chi connectivity index (χ2v) is 7.19. The Morgan fingerprint density at radius 2 is 2.23 bits per heavy atom. The molecule has 6 nitrogen and oxygen atoms in total. The molecule has 2 aromatic rings. The summed E-state index contributed by atoms with van der Waals surface area (Å²) in [5.74, 6) is 2.53. The number of rotatable bonds is 5. The van der Waals surface area contributed by atoms with Gasteiger partial charge in [0.1, 0.15) is 17.1 Å². The van der Waals surface area contributed by atoms with Gasteiger partial charge in [-0.25, -0.2) is 4.98 Å². The zero-order chi connectivity index (χ0) is 18.1. The lowest BCUT2D eigenvalue weighted by Gasteiger charge is -2.50. The Morgan fingerprint density at radius 1 is 1.38 bits per heavy atom. The van der Waals surface area contributed by atoms with Crippen molar-refractivity contribution >= 4 is 5.91 Å². The van der Waals surface area contributed by atoms with Gasteiger partial charge >= 0.3 is 0 Å². The molecule has 0 aromatic carbocycles. The molecule has 6 heteroatoms. The van der Waals surface area contributed by atoms with Crippen LogP contribution in [0.15, 0.2) is 34.9 Å². The number of carbonyl (C=O) groups excluding carboxylic acids is 1. The molecule has 1 atom stereocenters. The SMILES string of the molecule is Cc1cc(C(=O)N2CC3(C2)OCC[C@H]3CCOc2ccccn2)c(C)o1. The van der Waals surface area contributed by atoms with Gasteiger partial charge in [0.25, 0.3) is 5.91 Å². The maximum atomic E-state index is 12.7. The summed E-state index contributed by atoms with van der Waals surface area (Å²) in [6, 6.07) is 7.46. The Balaban J connectivity index is 1.33. The van der Waals surface area contributed by atoms with Gasteiger partial charge in [-0.15, -0.1) is 0 Å². The molecule has 26 heavy (non-hydrogen) atoms. The van der Waals surface area contributed by atoms with Crippen LogP contribution >= 0.6 is 0 Å². The third-order valence-electron chi connectivity index (χ3n) is 5.43. The number of aryl methyl sites for hydroxylation is 2. The summed E-state index contributed by atoms with van der Waals surface area (Å²) in [5, 5.41) is 0. The highest BCUT2D eigenvalue weighted by Gasteiger charge is 2.54. The number of furan rings is 1. The molecule has 2 aliphatic rings. The van der Waals surface area contributed by atoms with Crippen LogP contribution < -0.4 is 4.74 Å². The number of hydrogen-bond acceptors (Lipinski definition) is 5. The van der Waals surface area contributed by atoms with E-state index in [2.05, 4.69) is 4.98 Å². The molecule has 2 aromatic heterocycles. The Kier molecular flexibility index (Phi) is 4.44. The third kappa shape index (κ3) is 3.09. The zero-order valence-electron chi connectivity index (χ0n) is 15.2. The lowest BCUT2D eigenvalue weighted by atomic mass is 9.79. The molecule has 0 aliphatic carbocycles.